The quantitative estimate of drug-likeness (QED) is 0.853. The first-order chi connectivity index (χ1) is 10.3. The van der Waals surface area contributed by atoms with Crippen molar-refractivity contribution in [2.45, 2.75) is 32.0 Å². The van der Waals surface area contributed by atoms with Crippen LogP contribution >= 0.6 is 11.3 Å². The van der Waals surface area contributed by atoms with Gasteiger partial charge in [0.1, 0.15) is 17.0 Å². The van der Waals surface area contributed by atoms with Crippen LogP contribution in [0.2, 0.25) is 0 Å². The van der Waals surface area contributed by atoms with Crippen LogP contribution in [0.15, 0.2) is 12.4 Å². The highest BCUT2D eigenvalue weighted by Gasteiger charge is 2.40. The fourth-order valence-electron chi connectivity index (χ4n) is 3.16. The normalized spacial score (nSPS) is 21.5. The number of anilines is 1. The van der Waals surface area contributed by atoms with Gasteiger partial charge in [0.25, 0.3) is 0 Å². The summed E-state index contributed by atoms with van der Waals surface area (Å²) < 4.78 is 11.6. The van der Waals surface area contributed by atoms with Crippen molar-refractivity contribution in [3.63, 3.8) is 0 Å². The Morgan fingerprint density at radius 2 is 2.00 bits per heavy atom. The minimum Gasteiger partial charge on any atom is -0.356 e. The lowest BCUT2D eigenvalue weighted by Crippen LogP contribution is -2.45. The van der Waals surface area contributed by atoms with Gasteiger partial charge in [0, 0.05) is 30.8 Å². The molecule has 2 aliphatic heterocycles. The molecular weight excluding hydrogens is 286 g/mol. The summed E-state index contributed by atoms with van der Waals surface area (Å²) in [4.78, 5) is 13.7. The molecule has 2 fully saturated rings. The number of nitrogens with zero attached hydrogens (tertiary/aromatic N) is 3. The number of hydrogen-bond acceptors (Lipinski definition) is 6. The minimum atomic E-state index is -0.328. The summed E-state index contributed by atoms with van der Waals surface area (Å²) in [5, 5.41) is 1.18. The topological polar surface area (TPSA) is 47.5 Å². The maximum Gasteiger partial charge on any atom is 0.171 e. The van der Waals surface area contributed by atoms with Gasteiger partial charge >= 0.3 is 0 Å². The molecule has 0 aliphatic carbocycles. The molecule has 0 bridgehead atoms. The summed E-state index contributed by atoms with van der Waals surface area (Å²) in [6.45, 7) is 5.47. The maximum atomic E-state index is 5.80. The Morgan fingerprint density at radius 3 is 2.71 bits per heavy atom. The summed E-state index contributed by atoms with van der Waals surface area (Å²) in [6, 6.07) is 2.24. The van der Waals surface area contributed by atoms with Gasteiger partial charge in [-0.2, -0.15) is 0 Å². The molecule has 2 saturated heterocycles. The molecule has 4 heterocycles. The zero-order valence-electron chi connectivity index (χ0n) is 12.2. The van der Waals surface area contributed by atoms with Gasteiger partial charge in [0.05, 0.1) is 18.6 Å². The number of rotatable bonds is 2. The predicted octanol–water partition coefficient (Wildman–Crippen LogP) is 2.60. The average molecular weight is 305 g/mol. The number of thiophene rings is 1. The second-order valence-electron chi connectivity index (χ2n) is 5.58. The Bertz CT molecular complexity index is 641. The summed E-state index contributed by atoms with van der Waals surface area (Å²) in [5.74, 6) is 0.732. The fourth-order valence-corrected chi connectivity index (χ4v) is 4.09. The predicted molar refractivity (Wildman–Crippen MR) is 82.9 cm³/mol. The lowest BCUT2D eigenvalue weighted by Gasteiger charge is -2.38. The van der Waals surface area contributed by atoms with Crippen molar-refractivity contribution < 1.29 is 9.47 Å². The molecule has 0 aromatic carbocycles. The molecule has 1 spiro atoms. The van der Waals surface area contributed by atoms with E-state index in [2.05, 4.69) is 27.9 Å². The second kappa shape index (κ2) is 5.19. The third-order valence-electron chi connectivity index (χ3n) is 4.35. The van der Waals surface area contributed by atoms with E-state index in [9.17, 15) is 0 Å². The third kappa shape index (κ3) is 2.31. The molecule has 0 amide bonds. The number of piperidine rings is 1. The summed E-state index contributed by atoms with van der Waals surface area (Å²) >= 11 is 1.77. The lowest BCUT2D eigenvalue weighted by molar-refractivity contribution is -0.169. The lowest BCUT2D eigenvalue weighted by atomic mass is 10.0. The molecule has 2 aromatic rings. The standard InChI is InChI=1S/C15H19N3O2S/c1-2-11-9-12-13(16-10-17-14(12)21-11)18-5-3-15(4-6-18)19-7-8-20-15/h9-10H,2-8H2,1H3. The molecule has 21 heavy (non-hydrogen) atoms. The molecule has 5 nitrogen and oxygen atoms in total. The Balaban J connectivity index is 1.61. The Morgan fingerprint density at radius 1 is 1.24 bits per heavy atom. The molecule has 0 unspecified atom stereocenters. The molecule has 0 atom stereocenters. The van der Waals surface area contributed by atoms with E-state index in [0.717, 1.165) is 56.2 Å². The molecule has 0 N–H and O–H groups in total. The van der Waals surface area contributed by atoms with Crippen LogP contribution < -0.4 is 4.90 Å². The summed E-state index contributed by atoms with van der Waals surface area (Å²) in [5.41, 5.74) is 0. The number of hydrogen-bond donors (Lipinski definition) is 0. The van der Waals surface area contributed by atoms with Gasteiger partial charge in [-0.15, -0.1) is 11.3 Å². The average Bonchev–Trinajstić information content (AvgIpc) is 3.14. The smallest absolute Gasteiger partial charge is 0.171 e. The van der Waals surface area contributed by atoms with Crippen LogP contribution in [0.5, 0.6) is 0 Å². The van der Waals surface area contributed by atoms with E-state index < -0.39 is 0 Å². The van der Waals surface area contributed by atoms with E-state index in [-0.39, 0.29) is 5.79 Å². The van der Waals surface area contributed by atoms with Gasteiger partial charge in [-0.05, 0) is 12.5 Å². The van der Waals surface area contributed by atoms with Crippen molar-refractivity contribution in [1.82, 2.24) is 9.97 Å². The molecule has 2 aliphatic rings. The van der Waals surface area contributed by atoms with Crippen LogP contribution in [-0.2, 0) is 15.9 Å². The third-order valence-corrected chi connectivity index (χ3v) is 5.53. The second-order valence-corrected chi connectivity index (χ2v) is 6.69. The first-order valence-electron chi connectivity index (χ1n) is 7.56. The zero-order chi connectivity index (χ0) is 14.3. The highest BCUT2D eigenvalue weighted by Crippen LogP contribution is 2.36. The molecule has 2 aromatic heterocycles. The van der Waals surface area contributed by atoms with Crippen molar-refractivity contribution in [3.8, 4) is 0 Å². The van der Waals surface area contributed by atoms with Crippen LogP contribution in [-0.4, -0.2) is 42.1 Å². The van der Waals surface area contributed by atoms with E-state index in [1.807, 2.05) is 0 Å². The Hall–Kier alpha value is -1.24. The van der Waals surface area contributed by atoms with Crippen molar-refractivity contribution in [2.24, 2.45) is 0 Å². The van der Waals surface area contributed by atoms with Gasteiger partial charge in [0.15, 0.2) is 5.79 Å². The van der Waals surface area contributed by atoms with Crippen molar-refractivity contribution in [2.75, 3.05) is 31.2 Å². The van der Waals surface area contributed by atoms with Gasteiger partial charge in [-0.1, -0.05) is 6.92 Å². The summed E-state index contributed by atoms with van der Waals surface area (Å²) in [7, 11) is 0. The number of aryl methyl sites for hydroxylation is 1. The van der Waals surface area contributed by atoms with E-state index >= 15 is 0 Å². The van der Waals surface area contributed by atoms with Crippen LogP contribution in [0.25, 0.3) is 10.2 Å². The minimum absolute atomic E-state index is 0.328. The van der Waals surface area contributed by atoms with Gasteiger partial charge < -0.3 is 14.4 Å². The van der Waals surface area contributed by atoms with Crippen LogP contribution in [0, 0.1) is 0 Å². The molecular formula is C15H19N3O2S. The summed E-state index contributed by atoms with van der Waals surface area (Å²) in [6.07, 6.45) is 4.54. The van der Waals surface area contributed by atoms with E-state index in [4.69, 9.17) is 9.47 Å². The number of ether oxygens (including phenoxy) is 2. The first kappa shape index (κ1) is 13.4. The molecule has 0 radical (unpaired) electrons. The van der Waals surface area contributed by atoms with Crippen molar-refractivity contribution >= 4 is 27.4 Å². The van der Waals surface area contributed by atoms with E-state index in [1.54, 1.807) is 17.7 Å². The SMILES string of the molecule is CCc1cc2c(N3CCC4(CC3)OCCO4)ncnc2s1. The molecule has 6 heteroatoms. The number of aromatic nitrogens is 2. The molecule has 4 rings (SSSR count). The van der Waals surface area contributed by atoms with E-state index in [0.29, 0.717) is 0 Å². The fraction of sp³-hybridized carbons (Fsp3) is 0.600. The van der Waals surface area contributed by atoms with Crippen molar-refractivity contribution in [3.05, 3.63) is 17.3 Å². The Labute approximate surface area is 127 Å². The van der Waals surface area contributed by atoms with Crippen molar-refractivity contribution in [1.29, 1.82) is 0 Å². The number of fused-ring (bicyclic) bond motifs is 1. The van der Waals surface area contributed by atoms with Gasteiger partial charge in [-0.3, -0.25) is 0 Å². The zero-order valence-corrected chi connectivity index (χ0v) is 13.0. The molecule has 112 valence electrons. The molecule has 0 saturated carbocycles. The maximum absolute atomic E-state index is 5.80. The van der Waals surface area contributed by atoms with E-state index in [1.165, 1.54) is 10.3 Å². The monoisotopic (exact) mass is 305 g/mol. The van der Waals surface area contributed by atoms with Crippen LogP contribution in [0.3, 0.4) is 0 Å². The largest absolute Gasteiger partial charge is 0.356 e. The first-order valence-corrected chi connectivity index (χ1v) is 8.38. The Kier molecular flexibility index (Phi) is 3.32. The van der Waals surface area contributed by atoms with Gasteiger partial charge in [-0.25, -0.2) is 9.97 Å². The highest BCUT2D eigenvalue weighted by atomic mass is 32.1. The highest BCUT2D eigenvalue weighted by molar-refractivity contribution is 7.18. The van der Waals surface area contributed by atoms with Crippen LogP contribution in [0.4, 0.5) is 5.82 Å². The van der Waals surface area contributed by atoms with Crippen LogP contribution in [0.1, 0.15) is 24.6 Å². The van der Waals surface area contributed by atoms with Gasteiger partial charge in [0.2, 0.25) is 0 Å².